The highest BCUT2D eigenvalue weighted by Gasteiger charge is 2.20. The van der Waals surface area contributed by atoms with E-state index in [9.17, 15) is 9.59 Å². The fourth-order valence-corrected chi connectivity index (χ4v) is 1.63. The molecule has 0 saturated carbocycles. The Morgan fingerprint density at radius 1 is 1.37 bits per heavy atom. The fourth-order valence-electron chi connectivity index (χ4n) is 1.63. The molecule has 0 fully saturated rings. The predicted molar refractivity (Wildman–Crippen MR) is 67.3 cm³/mol. The summed E-state index contributed by atoms with van der Waals surface area (Å²) in [5.41, 5.74) is 0.544. The van der Waals surface area contributed by atoms with Crippen LogP contribution in [-0.4, -0.2) is 43.1 Å². The number of nitrogens with zero attached hydrogens (tertiary/aromatic N) is 2. The van der Waals surface area contributed by atoms with E-state index in [0.717, 1.165) is 0 Å². The number of benzene rings is 1. The second-order valence-corrected chi connectivity index (χ2v) is 4.05. The van der Waals surface area contributed by atoms with Gasteiger partial charge in [0.25, 0.3) is 5.91 Å². The maximum Gasteiger partial charge on any atom is 0.339 e. The largest absolute Gasteiger partial charge is 0.496 e. The van der Waals surface area contributed by atoms with Gasteiger partial charge < -0.3 is 14.7 Å². The Hall–Kier alpha value is -2.55. The van der Waals surface area contributed by atoms with Crippen molar-refractivity contribution in [3.8, 4) is 11.8 Å². The minimum atomic E-state index is -1.19. The number of carboxylic acid groups (broad SMARTS) is 1. The van der Waals surface area contributed by atoms with Gasteiger partial charge in [-0.3, -0.25) is 4.79 Å². The number of hydrogen-bond donors (Lipinski definition) is 1. The number of carbonyl (C=O) groups is 2. The lowest BCUT2D eigenvalue weighted by Gasteiger charge is -2.15. The van der Waals surface area contributed by atoms with Gasteiger partial charge in [0, 0.05) is 19.7 Å². The summed E-state index contributed by atoms with van der Waals surface area (Å²) in [7, 11) is 4.46. The fraction of sp³-hybridized carbons (Fsp3) is 0.308. The van der Waals surface area contributed by atoms with Gasteiger partial charge in [0.15, 0.2) is 0 Å². The van der Waals surface area contributed by atoms with Crippen LogP contribution in [0.2, 0.25) is 0 Å². The van der Waals surface area contributed by atoms with Crippen molar-refractivity contribution in [3.63, 3.8) is 0 Å². The van der Waals surface area contributed by atoms with E-state index < -0.39 is 5.97 Å². The summed E-state index contributed by atoms with van der Waals surface area (Å²) in [6.07, 6.45) is 0.00513. The average molecular weight is 262 g/mol. The maximum absolute atomic E-state index is 12.0. The van der Waals surface area contributed by atoms with E-state index in [1.807, 2.05) is 6.07 Å². The van der Waals surface area contributed by atoms with Crippen LogP contribution in [0.4, 0.5) is 0 Å². The number of carboxylic acids is 1. The summed E-state index contributed by atoms with van der Waals surface area (Å²) >= 11 is 0. The lowest BCUT2D eigenvalue weighted by molar-refractivity contribution is 0.0693. The third-order valence-corrected chi connectivity index (χ3v) is 2.56. The molecule has 100 valence electrons. The number of aromatic carboxylic acids is 1. The van der Waals surface area contributed by atoms with E-state index in [4.69, 9.17) is 15.1 Å². The molecular weight excluding hydrogens is 248 g/mol. The van der Waals surface area contributed by atoms with Crippen LogP contribution in [0.3, 0.4) is 0 Å². The van der Waals surface area contributed by atoms with Crippen LogP contribution in [0.5, 0.6) is 5.75 Å². The Bertz CT molecular complexity index is 558. The first-order valence-corrected chi connectivity index (χ1v) is 5.45. The normalized spacial score (nSPS) is 9.58. The molecule has 1 aromatic carbocycles. The number of amides is 1. The zero-order valence-electron chi connectivity index (χ0n) is 10.9. The van der Waals surface area contributed by atoms with E-state index in [1.54, 1.807) is 14.1 Å². The van der Waals surface area contributed by atoms with Gasteiger partial charge in [0.2, 0.25) is 0 Å². The highest BCUT2D eigenvalue weighted by atomic mass is 16.5. The van der Waals surface area contributed by atoms with E-state index in [2.05, 4.69) is 0 Å². The van der Waals surface area contributed by atoms with Crippen LogP contribution in [0.25, 0.3) is 0 Å². The summed E-state index contributed by atoms with van der Waals surface area (Å²) in [4.78, 5) is 24.4. The molecule has 0 spiro atoms. The highest BCUT2D eigenvalue weighted by Crippen LogP contribution is 2.25. The molecule has 1 N–H and O–H groups in total. The molecule has 1 rings (SSSR count). The Morgan fingerprint density at radius 2 is 2.00 bits per heavy atom. The molecule has 0 saturated heterocycles. The second kappa shape index (κ2) is 5.87. The van der Waals surface area contributed by atoms with Gasteiger partial charge in [-0.25, -0.2) is 4.79 Å². The molecule has 19 heavy (non-hydrogen) atoms. The number of hydrogen-bond acceptors (Lipinski definition) is 4. The molecule has 1 aromatic rings. The molecule has 0 heterocycles. The minimum absolute atomic E-state index is 0.00513. The Kier molecular flexibility index (Phi) is 4.48. The number of ether oxygens (including phenoxy) is 1. The number of nitriles is 1. The molecule has 0 unspecified atom stereocenters. The third-order valence-electron chi connectivity index (χ3n) is 2.56. The van der Waals surface area contributed by atoms with Crippen LogP contribution in [-0.2, 0) is 6.42 Å². The van der Waals surface area contributed by atoms with Crippen molar-refractivity contribution in [1.82, 2.24) is 4.90 Å². The van der Waals surface area contributed by atoms with Crippen molar-refractivity contribution < 1.29 is 19.4 Å². The predicted octanol–water partition coefficient (Wildman–Crippen LogP) is 1.16. The smallest absolute Gasteiger partial charge is 0.339 e. The molecule has 6 heteroatoms. The van der Waals surface area contributed by atoms with Gasteiger partial charge in [-0.1, -0.05) is 0 Å². The first-order valence-electron chi connectivity index (χ1n) is 5.45. The van der Waals surface area contributed by atoms with Crippen molar-refractivity contribution in [2.75, 3.05) is 21.2 Å². The molecule has 0 aliphatic carbocycles. The SMILES string of the molecule is COc1cc(CC#N)c(C(=O)N(C)C)cc1C(=O)O. The number of carbonyl (C=O) groups excluding carboxylic acids is 1. The van der Waals surface area contributed by atoms with Crippen LogP contribution in [0.1, 0.15) is 26.3 Å². The first kappa shape index (κ1) is 14.5. The van der Waals surface area contributed by atoms with Gasteiger partial charge in [0.1, 0.15) is 11.3 Å². The van der Waals surface area contributed by atoms with Crippen LogP contribution < -0.4 is 4.74 Å². The second-order valence-electron chi connectivity index (χ2n) is 4.05. The molecule has 0 bridgehead atoms. The molecule has 0 aromatic heterocycles. The van der Waals surface area contributed by atoms with Crippen LogP contribution >= 0.6 is 0 Å². The minimum Gasteiger partial charge on any atom is -0.496 e. The molecule has 0 aliphatic rings. The summed E-state index contributed by atoms with van der Waals surface area (Å²) in [6.45, 7) is 0. The van der Waals surface area contributed by atoms with E-state index >= 15 is 0 Å². The van der Waals surface area contributed by atoms with Crippen LogP contribution in [0.15, 0.2) is 12.1 Å². The van der Waals surface area contributed by atoms with E-state index in [1.165, 1.54) is 24.1 Å². The summed E-state index contributed by atoms with van der Waals surface area (Å²) in [5.74, 6) is -1.41. The first-order chi connectivity index (χ1) is 8.92. The standard InChI is InChI=1S/C13H14N2O4/c1-15(2)12(16)9-7-10(13(17)18)11(19-3)6-8(9)4-5-14/h6-7H,4H2,1-3H3,(H,17,18). The van der Waals surface area contributed by atoms with Crippen molar-refractivity contribution >= 4 is 11.9 Å². The Morgan fingerprint density at radius 3 is 2.42 bits per heavy atom. The lowest BCUT2D eigenvalue weighted by atomic mass is 9.99. The van der Waals surface area contributed by atoms with Crippen molar-refractivity contribution in [2.24, 2.45) is 0 Å². The average Bonchev–Trinajstić information content (AvgIpc) is 2.37. The summed E-state index contributed by atoms with van der Waals surface area (Å²) in [5, 5.41) is 17.9. The molecule has 0 atom stereocenters. The monoisotopic (exact) mass is 262 g/mol. The molecule has 6 nitrogen and oxygen atoms in total. The van der Waals surface area contributed by atoms with Gasteiger partial charge >= 0.3 is 5.97 Å². The molecule has 0 radical (unpaired) electrons. The van der Waals surface area contributed by atoms with Gasteiger partial charge in [0.05, 0.1) is 19.6 Å². The lowest BCUT2D eigenvalue weighted by Crippen LogP contribution is -2.23. The van der Waals surface area contributed by atoms with Gasteiger partial charge in [-0.05, 0) is 17.7 Å². The number of rotatable bonds is 4. The van der Waals surface area contributed by atoms with Crippen LogP contribution in [0, 0.1) is 11.3 Å². The number of methoxy groups -OCH3 is 1. The zero-order valence-corrected chi connectivity index (χ0v) is 10.9. The third kappa shape index (κ3) is 3.01. The van der Waals surface area contributed by atoms with Crippen molar-refractivity contribution in [3.05, 3.63) is 28.8 Å². The summed E-state index contributed by atoms with van der Waals surface area (Å²) in [6, 6.07) is 4.61. The van der Waals surface area contributed by atoms with Crippen molar-refractivity contribution in [1.29, 1.82) is 5.26 Å². The Balaban J connectivity index is 3.50. The van der Waals surface area contributed by atoms with Crippen molar-refractivity contribution in [2.45, 2.75) is 6.42 Å². The van der Waals surface area contributed by atoms with E-state index in [-0.39, 0.29) is 29.2 Å². The summed E-state index contributed by atoms with van der Waals surface area (Å²) < 4.78 is 4.97. The quantitative estimate of drug-likeness (QED) is 0.879. The Labute approximate surface area is 110 Å². The molecule has 0 aliphatic heterocycles. The molecule has 1 amide bonds. The zero-order chi connectivity index (χ0) is 14.6. The van der Waals surface area contributed by atoms with E-state index in [0.29, 0.717) is 5.56 Å². The molecular formula is C13H14N2O4. The van der Waals surface area contributed by atoms with Gasteiger partial charge in [-0.2, -0.15) is 5.26 Å². The highest BCUT2D eigenvalue weighted by molar-refractivity contribution is 6.00. The van der Waals surface area contributed by atoms with Gasteiger partial charge in [-0.15, -0.1) is 0 Å². The topological polar surface area (TPSA) is 90.6 Å². The maximum atomic E-state index is 12.0.